The normalized spacial score (nSPS) is 10.3. The van der Waals surface area contributed by atoms with Crippen molar-refractivity contribution in [3.05, 3.63) is 64.2 Å². The highest BCUT2D eigenvalue weighted by molar-refractivity contribution is 6.31. The van der Waals surface area contributed by atoms with Gasteiger partial charge in [0.2, 0.25) is 5.91 Å². The van der Waals surface area contributed by atoms with E-state index in [0.717, 1.165) is 11.1 Å². The van der Waals surface area contributed by atoms with Crippen LogP contribution in [0.4, 0.5) is 5.69 Å². The van der Waals surface area contributed by atoms with Gasteiger partial charge in [0.25, 0.3) is 5.91 Å². The lowest BCUT2D eigenvalue weighted by Gasteiger charge is -2.09. The molecule has 0 saturated carbocycles. The Morgan fingerprint density at radius 1 is 1.26 bits per heavy atom. The molecular weight excluding hydrogens is 364 g/mol. The molecule has 2 aromatic carbocycles. The molecule has 0 heterocycles. The Hall–Kier alpha value is -3.23. The second-order valence-corrected chi connectivity index (χ2v) is 6.05. The van der Waals surface area contributed by atoms with E-state index >= 15 is 0 Å². The number of anilines is 1. The number of carbonyl (C=O) groups excluding carboxylic acids is 2. The summed E-state index contributed by atoms with van der Waals surface area (Å²) < 4.78 is 5.47. The van der Waals surface area contributed by atoms with Crippen LogP contribution in [-0.2, 0) is 4.79 Å². The Labute approximate surface area is 163 Å². The lowest BCUT2D eigenvalue weighted by atomic mass is 10.1. The molecule has 2 aromatic rings. The number of amides is 2. The molecule has 0 bridgehead atoms. The zero-order chi connectivity index (χ0) is 19.8. The fraction of sp³-hybridized carbons (Fsp3) is 0.143. The molecule has 138 valence electrons. The number of halogens is 1. The summed E-state index contributed by atoms with van der Waals surface area (Å²) in [4.78, 5) is 24.2. The van der Waals surface area contributed by atoms with Crippen LogP contribution in [0.25, 0.3) is 6.08 Å². The molecule has 6 heteroatoms. The van der Waals surface area contributed by atoms with E-state index in [1.54, 1.807) is 24.3 Å². The number of hydrogen-bond acceptors (Lipinski definition) is 3. The summed E-state index contributed by atoms with van der Waals surface area (Å²) in [5.74, 6) is 2.36. The summed E-state index contributed by atoms with van der Waals surface area (Å²) in [6, 6.07) is 10.2. The minimum atomic E-state index is -0.380. The van der Waals surface area contributed by atoms with Gasteiger partial charge in [-0.25, -0.2) is 0 Å². The first-order valence-corrected chi connectivity index (χ1v) is 8.50. The van der Waals surface area contributed by atoms with Crippen molar-refractivity contribution in [2.45, 2.75) is 6.92 Å². The van der Waals surface area contributed by atoms with Crippen LogP contribution < -0.4 is 15.4 Å². The van der Waals surface area contributed by atoms with Gasteiger partial charge in [-0.2, -0.15) is 0 Å². The molecule has 0 aliphatic rings. The monoisotopic (exact) mass is 382 g/mol. The highest BCUT2D eigenvalue weighted by Gasteiger charge is 2.12. The maximum Gasteiger partial charge on any atom is 0.253 e. The van der Waals surface area contributed by atoms with Gasteiger partial charge in [-0.1, -0.05) is 29.7 Å². The summed E-state index contributed by atoms with van der Waals surface area (Å²) in [5.41, 5.74) is 2.39. The Balaban J connectivity index is 2.15. The molecule has 2 N–H and O–H groups in total. The highest BCUT2D eigenvalue weighted by Crippen LogP contribution is 2.22. The lowest BCUT2D eigenvalue weighted by Crippen LogP contribution is -2.20. The number of aryl methyl sites for hydroxylation is 1. The molecule has 2 rings (SSSR count). The van der Waals surface area contributed by atoms with Crippen LogP contribution in [0, 0.1) is 19.3 Å². The summed E-state index contributed by atoms with van der Waals surface area (Å²) in [6.45, 7) is 2.08. The quantitative estimate of drug-likeness (QED) is 0.591. The van der Waals surface area contributed by atoms with Crippen LogP contribution in [0.1, 0.15) is 21.5 Å². The summed E-state index contributed by atoms with van der Waals surface area (Å²) in [7, 11) is 1.51. The number of rotatable bonds is 6. The van der Waals surface area contributed by atoms with Gasteiger partial charge >= 0.3 is 0 Å². The summed E-state index contributed by atoms with van der Waals surface area (Å²) >= 11 is 5.93. The maximum atomic E-state index is 12.2. The molecule has 0 aliphatic heterocycles. The van der Waals surface area contributed by atoms with Gasteiger partial charge in [-0.3, -0.25) is 9.59 Å². The van der Waals surface area contributed by atoms with Crippen LogP contribution in [0.5, 0.6) is 5.75 Å². The Morgan fingerprint density at radius 3 is 2.74 bits per heavy atom. The van der Waals surface area contributed by atoms with Gasteiger partial charge in [-0.15, -0.1) is 6.42 Å². The third-order valence-electron chi connectivity index (χ3n) is 3.66. The van der Waals surface area contributed by atoms with Crippen molar-refractivity contribution in [3.63, 3.8) is 0 Å². The van der Waals surface area contributed by atoms with Gasteiger partial charge in [0.15, 0.2) is 0 Å². The third-order valence-corrected chi connectivity index (χ3v) is 3.90. The van der Waals surface area contributed by atoms with E-state index in [4.69, 9.17) is 22.8 Å². The molecule has 0 aliphatic carbocycles. The van der Waals surface area contributed by atoms with Crippen molar-refractivity contribution in [1.82, 2.24) is 5.32 Å². The molecule has 5 nitrogen and oxygen atoms in total. The second-order valence-electron chi connectivity index (χ2n) is 5.61. The average Bonchev–Trinajstić information content (AvgIpc) is 2.67. The standard InChI is InChI=1S/C21H19ClN2O3/c1-4-11-27-19-12-15(6-5-14(19)2)7-10-20(25)24-18-9-8-16(22)13-17(18)21(26)23-3/h1,5-10,12-13H,11H2,2-3H3,(H,23,26)(H,24,25)/b10-7+. The minimum Gasteiger partial charge on any atom is -0.481 e. The molecular formula is C21H19ClN2O3. The van der Waals surface area contributed by atoms with Crippen molar-refractivity contribution in [2.75, 3.05) is 19.0 Å². The van der Waals surface area contributed by atoms with Gasteiger partial charge in [-0.05, 0) is 48.4 Å². The van der Waals surface area contributed by atoms with E-state index in [9.17, 15) is 9.59 Å². The first-order chi connectivity index (χ1) is 12.9. The number of terminal acetylenes is 1. The van der Waals surface area contributed by atoms with Gasteiger partial charge in [0.05, 0.1) is 11.3 Å². The van der Waals surface area contributed by atoms with Crippen molar-refractivity contribution in [3.8, 4) is 18.1 Å². The summed E-state index contributed by atoms with van der Waals surface area (Å²) in [6.07, 6.45) is 8.23. The lowest BCUT2D eigenvalue weighted by molar-refractivity contribution is -0.111. The van der Waals surface area contributed by atoms with Crippen molar-refractivity contribution >= 4 is 35.2 Å². The Kier molecular flexibility index (Phi) is 7.04. The molecule has 0 radical (unpaired) electrons. The Bertz CT molecular complexity index is 930. The van der Waals surface area contributed by atoms with E-state index in [0.29, 0.717) is 16.5 Å². The van der Waals surface area contributed by atoms with Gasteiger partial charge in [0.1, 0.15) is 12.4 Å². The largest absolute Gasteiger partial charge is 0.481 e. The average molecular weight is 383 g/mol. The predicted molar refractivity (Wildman–Crippen MR) is 108 cm³/mol. The number of nitrogens with one attached hydrogen (secondary N) is 2. The van der Waals surface area contributed by atoms with Crippen LogP contribution in [0.2, 0.25) is 5.02 Å². The number of carbonyl (C=O) groups is 2. The first kappa shape index (κ1) is 20.1. The SMILES string of the molecule is C#CCOc1cc(/C=C/C(=O)Nc2ccc(Cl)cc2C(=O)NC)ccc1C. The second kappa shape index (κ2) is 9.46. The molecule has 0 aromatic heterocycles. The molecule has 0 spiro atoms. The van der Waals surface area contributed by atoms with Gasteiger partial charge < -0.3 is 15.4 Å². The zero-order valence-corrected chi connectivity index (χ0v) is 15.8. The topological polar surface area (TPSA) is 67.4 Å². The predicted octanol–water partition coefficient (Wildman–Crippen LogP) is 3.67. The van der Waals surface area contributed by atoms with Crippen LogP contribution >= 0.6 is 11.6 Å². The van der Waals surface area contributed by atoms with E-state index in [-0.39, 0.29) is 24.0 Å². The summed E-state index contributed by atoms with van der Waals surface area (Å²) in [5, 5.41) is 5.60. The van der Waals surface area contributed by atoms with Crippen molar-refractivity contribution < 1.29 is 14.3 Å². The smallest absolute Gasteiger partial charge is 0.253 e. The molecule has 0 unspecified atom stereocenters. The minimum absolute atomic E-state index is 0.174. The number of hydrogen-bond donors (Lipinski definition) is 2. The fourth-order valence-electron chi connectivity index (χ4n) is 2.29. The van der Waals surface area contributed by atoms with Crippen LogP contribution in [0.15, 0.2) is 42.5 Å². The number of ether oxygens (including phenoxy) is 1. The first-order valence-electron chi connectivity index (χ1n) is 8.12. The van der Waals surface area contributed by atoms with E-state index in [1.165, 1.54) is 19.2 Å². The maximum absolute atomic E-state index is 12.2. The van der Waals surface area contributed by atoms with Gasteiger partial charge in [0, 0.05) is 18.1 Å². The van der Waals surface area contributed by atoms with E-state index in [2.05, 4.69) is 16.6 Å². The fourth-order valence-corrected chi connectivity index (χ4v) is 2.46. The van der Waals surface area contributed by atoms with Crippen LogP contribution in [0.3, 0.4) is 0 Å². The molecule has 0 atom stereocenters. The van der Waals surface area contributed by atoms with E-state index in [1.807, 2.05) is 19.1 Å². The van der Waals surface area contributed by atoms with Crippen LogP contribution in [-0.4, -0.2) is 25.5 Å². The van der Waals surface area contributed by atoms with E-state index < -0.39 is 0 Å². The highest BCUT2D eigenvalue weighted by atomic mass is 35.5. The molecule has 27 heavy (non-hydrogen) atoms. The van der Waals surface area contributed by atoms with Crippen molar-refractivity contribution in [1.29, 1.82) is 0 Å². The number of benzene rings is 2. The Morgan fingerprint density at radius 2 is 2.04 bits per heavy atom. The zero-order valence-electron chi connectivity index (χ0n) is 15.0. The molecule has 0 saturated heterocycles. The molecule has 0 fully saturated rings. The van der Waals surface area contributed by atoms with Crippen molar-refractivity contribution in [2.24, 2.45) is 0 Å². The molecule has 2 amide bonds. The third kappa shape index (κ3) is 5.63.